The smallest absolute Gasteiger partial charge is 0.0941 e. The van der Waals surface area contributed by atoms with Gasteiger partial charge in [0.15, 0.2) is 0 Å². The molecule has 0 rings (SSSR count). The number of hydrogen-bond donors (Lipinski definition) is 4. The van der Waals surface area contributed by atoms with E-state index in [0.717, 1.165) is 0 Å². The fourth-order valence-electron chi connectivity index (χ4n) is 2.21. The minimum atomic E-state index is -0.545. The van der Waals surface area contributed by atoms with Crippen LogP contribution in [-0.4, -0.2) is 106 Å². The van der Waals surface area contributed by atoms with Gasteiger partial charge < -0.3 is 60.8 Å². The summed E-state index contributed by atoms with van der Waals surface area (Å²) in [6, 6.07) is 0. The van der Waals surface area contributed by atoms with Crippen LogP contribution in [0.1, 0.15) is 0 Å². The van der Waals surface area contributed by atoms with Gasteiger partial charge in [0, 0.05) is 0 Å². The Morgan fingerprint density at radius 3 is 0.759 bits per heavy atom. The predicted molar refractivity (Wildman–Crippen MR) is 106 cm³/mol. The van der Waals surface area contributed by atoms with Crippen molar-refractivity contribution in [3.8, 4) is 0 Å². The van der Waals surface area contributed by atoms with Crippen LogP contribution in [0.4, 0.5) is 0 Å². The molecule has 0 bridgehead atoms. The first-order valence-corrected chi connectivity index (χ1v) is 9.67. The van der Waals surface area contributed by atoms with Crippen molar-refractivity contribution >= 4 is 0 Å². The molecule has 0 fully saturated rings. The first-order valence-electron chi connectivity index (χ1n) is 9.67. The fraction of sp³-hybridized carbons (Fsp3) is 1.00. The molecule has 0 aromatic heterocycles. The van der Waals surface area contributed by atoms with Gasteiger partial charge in [-0.05, 0) is 0 Å². The van der Waals surface area contributed by atoms with Crippen LogP contribution >= 0.6 is 0 Å². The van der Waals surface area contributed by atoms with Crippen molar-refractivity contribution < 1.29 is 37.9 Å². The van der Waals surface area contributed by atoms with Crippen molar-refractivity contribution in [1.82, 2.24) is 0 Å². The van der Waals surface area contributed by atoms with Gasteiger partial charge in [0.2, 0.25) is 0 Å². The van der Waals surface area contributed by atoms with Crippen LogP contribution in [0.2, 0.25) is 0 Å². The highest BCUT2D eigenvalue weighted by molar-refractivity contribution is 4.79. The van der Waals surface area contributed by atoms with Crippen molar-refractivity contribution in [3.05, 3.63) is 0 Å². The maximum Gasteiger partial charge on any atom is 0.0941 e. The Labute approximate surface area is 173 Å². The monoisotopic (exact) mass is 428 g/mol. The van der Waals surface area contributed by atoms with Gasteiger partial charge >= 0.3 is 0 Å². The Kier molecular flexibility index (Phi) is 21.8. The minimum Gasteiger partial charge on any atom is -0.378 e. The van der Waals surface area contributed by atoms with E-state index in [1.165, 1.54) is 0 Å². The third kappa shape index (κ3) is 18.0. The van der Waals surface area contributed by atoms with Gasteiger partial charge in [-0.3, -0.25) is 0 Å². The summed E-state index contributed by atoms with van der Waals surface area (Å²) in [5.41, 5.74) is 20.7. The van der Waals surface area contributed by atoms with Gasteiger partial charge in [-0.15, -0.1) is 0 Å². The maximum atomic E-state index is 5.76. The van der Waals surface area contributed by atoms with Crippen LogP contribution in [0.3, 0.4) is 0 Å². The Bertz CT molecular complexity index is 270. The summed E-state index contributed by atoms with van der Waals surface area (Å²) in [5, 5.41) is 0. The lowest BCUT2D eigenvalue weighted by Crippen LogP contribution is -2.43. The van der Waals surface area contributed by atoms with Crippen LogP contribution in [0.15, 0.2) is 0 Å². The molecular weight excluding hydrogens is 388 g/mol. The van der Waals surface area contributed by atoms with Gasteiger partial charge in [-0.25, -0.2) is 0 Å². The molecule has 0 saturated heterocycles. The molecule has 29 heavy (non-hydrogen) atoms. The van der Waals surface area contributed by atoms with E-state index in [-0.39, 0.29) is 26.9 Å². The summed E-state index contributed by atoms with van der Waals surface area (Å²) in [6.45, 7) is 5.10. The lowest BCUT2D eigenvalue weighted by atomic mass is 9.92. The largest absolute Gasteiger partial charge is 0.378 e. The van der Waals surface area contributed by atoms with E-state index in [2.05, 4.69) is 0 Å². The van der Waals surface area contributed by atoms with Crippen molar-refractivity contribution in [2.75, 3.05) is 106 Å². The van der Waals surface area contributed by atoms with Crippen LogP contribution < -0.4 is 22.9 Å². The molecule has 8 N–H and O–H groups in total. The molecule has 0 aliphatic rings. The Morgan fingerprint density at radius 2 is 0.552 bits per heavy atom. The highest BCUT2D eigenvalue weighted by atomic mass is 16.6. The van der Waals surface area contributed by atoms with Crippen molar-refractivity contribution in [2.45, 2.75) is 0 Å². The molecular formula is C17H40N4O8. The highest BCUT2D eigenvalue weighted by Gasteiger charge is 2.32. The molecule has 12 nitrogen and oxygen atoms in total. The van der Waals surface area contributed by atoms with E-state index in [9.17, 15) is 0 Å². The third-order valence-corrected chi connectivity index (χ3v) is 3.59. The van der Waals surface area contributed by atoms with Gasteiger partial charge in [-0.1, -0.05) is 0 Å². The molecule has 176 valence electrons. The number of ether oxygens (including phenoxy) is 8. The number of rotatable bonds is 24. The normalized spacial score (nSPS) is 12.0. The van der Waals surface area contributed by atoms with Crippen LogP contribution in [0.5, 0.6) is 0 Å². The summed E-state index contributed by atoms with van der Waals surface area (Å²) in [4.78, 5) is 0. The molecule has 12 heteroatoms. The van der Waals surface area contributed by atoms with E-state index in [1.54, 1.807) is 0 Å². The maximum absolute atomic E-state index is 5.76. The van der Waals surface area contributed by atoms with E-state index >= 15 is 0 Å². The lowest BCUT2D eigenvalue weighted by Gasteiger charge is -2.33. The number of hydrogen-bond acceptors (Lipinski definition) is 12. The summed E-state index contributed by atoms with van der Waals surface area (Å²) < 4.78 is 43.4. The zero-order chi connectivity index (χ0) is 21.5. The van der Waals surface area contributed by atoms with Crippen molar-refractivity contribution in [1.29, 1.82) is 0 Å². The predicted octanol–water partition coefficient (Wildman–Crippen LogP) is -2.23. The van der Waals surface area contributed by atoms with Crippen LogP contribution in [-0.2, 0) is 37.9 Å². The van der Waals surface area contributed by atoms with Gasteiger partial charge in [-0.2, -0.15) is 0 Å². The molecule has 0 aliphatic heterocycles. The van der Waals surface area contributed by atoms with Crippen molar-refractivity contribution in [2.24, 2.45) is 28.3 Å². The van der Waals surface area contributed by atoms with E-state index in [1.807, 2.05) is 0 Å². The standard InChI is InChI=1S/C17H40N4O8/c18-13-26-5-1-22-9-17(10-23-2-6-27-14-19,11-24-3-7-28-15-20)12-25-4-8-29-16-21/h1-16,18-21H2. The molecule has 0 unspecified atom stereocenters. The zero-order valence-electron chi connectivity index (χ0n) is 17.4. The average molecular weight is 429 g/mol. The SMILES string of the molecule is NCOCCOCC(COCCOCN)(COCCOCN)COCCOCN. The molecule has 0 radical (unpaired) electrons. The number of nitrogens with two attached hydrogens (primary N) is 4. The first kappa shape index (κ1) is 28.5. The van der Waals surface area contributed by atoms with E-state index in [0.29, 0.717) is 79.3 Å². The Hall–Kier alpha value is -0.480. The second kappa shape index (κ2) is 22.2. The highest BCUT2D eigenvalue weighted by Crippen LogP contribution is 2.21. The zero-order valence-corrected chi connectivity index (χ0v) is 17.4. The second-order valence-corrected chi connectivity index (χ2v) is 6.01. The Balaban J connectivity index is 4.69. The van der Waals surface area contributed by atoms with E-state index in [4.69, 9.17) is 60.8 Å². The topological polar surface area (TPSA) is 178 Å². The van der Waals surface area contributed by atoms with Crippen LogP contribution in [0.25, 0.3) is 0 Å². The summed E-state index contributed by atoms with van der Waals surface area (Å²) >= 11 is 0. The van der Waals surface area contributed by atoms with Crippen LogP contribution in [0, 0.1) is 5.41 Å². The summed E-state index contributed by atoms with van der Waals surface area (Å²) in [6.07, 6.45) is 0. The van der Waals surface area contributed by atoms with Gasteiger partial charge in [0.05, 0.1) is 112 Å². The molecule has 0 spiro atoms. The molecule has 0 aromatic rings. The minimum absolute atomic E-state index is 0.146. The quantitative estimate of drug-likeness (QED) is 0.0962. The summed E-state index contributed by atoms with van der Waals surface area (Å²) in [7, 11) is 0. The third-order valence-electron chi connectivity index (χ3n) is 3.59. The summed E-state index contributed by atoms with van der Waals surface area (Å²) in [5.74, 6) is 0. The van der Waals surface area contributed by atoms with Crippen molar-refractivity contribution in [3.63, 3.8) is 0 Å². The second-order valence-electron chi connectivity index (χ2n) is 6.01. The Morgan fingerprint density at radius 1 is 0.345 bits per heavy atom. The lowest BCUT2D eigenvalue weighted by molar-refractivity contribution is -0.121. The molecule has 0 aliphatic carbocycles. The molecule has 0 atom stereocenters. The fourth-order valence-corrected chi connectivity index (χ4v) is 2.21. The molecule has 0 heterocycles. The van der Waals surface area contributed by atoms with Gasteiger partial charge in [0.1, 0.15) is 0 Å². The molecule has 0 amide bonds. The average Bonchev–Trinajstić information content (AvgIpc) is 2.73. The van der Waals surface area contributed by atoms with Gasteiger partial charge in [0.25, 0.3) is 0 Å². The van der Waals surface area contributed by atoms with E-state index < -0.39 is 5.41 Å². The first-order chi connectivity index (χ1) is 14.2. The molecule has 0 aromatic carbocycles. The molecule has 0 saturated carbocycles.